The van der Waals surface area contributed by atoms with Crippen LogP contribution in [0.25, 0.3) is 11.1 Å². The summed E-state index contributed by atoms with van der Waals surface area (Å²) in [6.07, 6.45) is 3.63. The molecule has 0 unspecified atom stereocenters. The van der Waals surface area contributed by atoms with Gasteiger partial charge in [-0.05, 0) is 67.6 Å². The number of halogens is 1. The molecule has 0 saturated carbocycles. The third kappa shape index (κ3) is 6.16. The number of aromatic nitrogens is 2. The lowest BCUT2D eigenvalue weighted by Crippen LogP contribution is -2.37. The summed E-state index contributed by atoms with van der Waals surface area (Å²) < 4.78 is 24.7. The minimum Gasteiger partial charge on any atom is -0.461 e. The van der Waals surface area contributed by atoms with Gasteiger partial charge in [-0.15, -0.1) is 0 Å². The topological polar surface area (TPSA) is 100 Å². The van der Waals surface area contributed by atoms with Crippen molar-refractivity contribution in [2.24, 2.45) is 5.92 Å². The highest BCUT2D eigenvalue weighted by Crippen LogP contribution is 2.34. The van der Waals surface area contributed by atoms with Crippen LogP contribution >= 0.6 is 0 Å². The zero-order valence-electron chi connectivity index (χ0n) is 22.3. The highest BCUT2D eigenvalue weighted by Gasteiger charge is 2.24. The van der Waals surface area contributed by atoms with Crippen molar-refractivity contribution in [1.82, 2.24) is 9.97 Å². The Bertz CT molecular complexity index is 1290. The monoisotopic (exact) mass is 519 g/mol. The lowest BCUT2D eigenvalue weighted by Gasteiger charge is -2.32. The first kappa shape index (κ1) is 27.2. The minimum absolute atomic E-state index is 0.0875. The molecule has 1 fully saturated rings. The van der Waals surface area contributed by atoms with E-state index < -0.39 is 11.8 Å². The largest absolute Gasteiger partial charge is 0.461 e. The first-order valence-electron chi connectivity index (χ1n) is 12.9. The predicted molar refractivity (Wildman–Crippen MR) is 147 cm³/mol. The van der Waals surface area contributed by atoms with Crippen molar-refractivity contribution in [3.05, 3.63) is 65.7 Å². The molecule has 200 valence electrons. The SMILES string of the molecule is CCOC(=O)c1cc(-c2ccc(N(C)C3CCOCC3)nc2)c(C(=N)C(C)C)c(Nc2cccc(F)c2)n1. The van der Waals surface area contributed by atoms with E-state index in [0.29, 0.717) is 28.6 Å². The molecular weight excluding hydrogens is 485 g/mol. The normalized spacial score (nSPS) is 13.8. The second-order valence-electron chi connectivity index (χ2n) is 9.56. The van der Waals surface area contributed by atoms with E-state index in [-0.39, 0.29) is 24.0 Å². The van der Waals surface area contributed by atoms with Crippen LogP contribution in [0.2, 0.25) is 0 Å². The summed E-state index contributed by atoms with van der Waals surface area (Å²) in [5.41, 5.74) is 2.73. The Morgan fingerprint density at radius 1 is 1.24 bits per heavy atom. The molecule has 0 spiro atoms. The van der Waals surface area contributed by atoms with Gasteiger partial charge in [0, 0.05) is 55.0 Å². The maximum atomic E-state index is 14.0. The maximum absolute atomic E-state index is 14.0. The fourth-order valence-electron chi connectivity index (χ4n) is 4.45. The quantitative estimate of drug-likeness (QED) is 0.270. The van der Waals surface area contributed by atoms with Crippen LogP contribution in [-0.2, 0) is 9.47 Å². The Balaban J connectivity index is 1.82. The number of ether oxygens (including phenoxy) is 2. The van der Waals surface area contributed by atoms with E-state index in [1.54, 1.807) is 31.3 Å². The highest BCUT2D eigenvalue weighted by molar-refractivity contribution is 6.10. The van der Waals surface area contributed by atoms with Crippen LogP contribution in [0.5, 0.6) is 0 Å². The number of nitrogens with zero attached hydrogens (tertiary/aromatic N) is 3. The van der Waals surface area contributed by atoms with E-state index in [2.05, 4.69) is 15.2 Å². The van der Waals surface area contributed by atoms with Crippen LogP contribution in [-0.4, -0.2) is 54.6 Å². The molecule has 0 radical (unpaired) electrons. The Morgan fingerprint density at radius 2 is 2.00 bits per heavy atom. The average Bonchev–Trinajstić information content (AvgIpc) is 2.92. The minimum atomic E-state index is -0.581. The molecular formula is C29H34FN5O3. The van der Waals surface area contributed by atoms with Crippen molar-refractivity contribution in [2.75, 3.05) is 37.1 Å². The van der Waals surface area contributed by atoms with E-state index in [9.17, 15) is 9.18 Å². The van der Waals surface area contributed by atoms with Gasteiger partial charge in [0.1, 0.15) is 17.5 Å². The molecule has 9 heteroatoms. The number of carbonyl (C=O) groups excluding carboxylic acids is 1. The maximum Gasteiger partial charge on any atom is 0.357 e. The first-order chi connectivity index (χ1) is 18.3. The summed E-state index contributed by atoms with van der Waals surface area (Å²) in [5, 5.41) is 12.0. The summed E-state index contributed by atoms with van der Waals surface area (Å²) >= 11 is 0. The summed E-state index contributed by atoms with van der Waals surface area (Å²) in [6, 6.07) is 11.8. The van der Waals surface area contributed by atoms with Gasteiger partial charge in [-0.3, -0.25) is 0 Å². The molecule has 1 aromatic carbocycles. The second-order valence-corrected chi connectivity index (χ2v) is 9.56. The third-order valence-corrected chi connectivity index (χ3v) is 6.60. The number of rotatable bonds is 9. The van der Waals surface area contributed by atoms with Gasteiger partial charge in [-0.2, -0.15) is 0 Å². The number of pyridine rings is 2. The van der Waals surface area contributed by atoms with Gasteiger partial charge in [0.15, 0.2) is 5.69 Å². The highest BCUT2D eigenvalue weighted by atomic mass is 19.1. The van der Waals surface area contributed by atoms with Crippen LogP contribution in [0.15, 0.2) is 48.7 Å². The van der Waals surface area contributed by atoms with Crippen LogP contribution in [0.4, 0.5) is 21.7 Å². The standard InChI is InChI=1S/C29H34FN5O3/c1-5-38-29(36)24-16-23(19-9-10-25(32-17-19)35(4)22-11-13-37-14-12-22)26(27(31)18(2)3)28(34-24)33-21-8-6-7-20(30)15-21/h6-10,15-18,22,31H,5,11-14H2,1-4H3,(H,33,34). The van der Waals surface area contributed by atoms with E-state index in [4.69, 9.17) is 19.9 Å². The van der Waals surface area contributed by atoms with Gasteiger partial charge in [-0.25, -0.2) is 19.2 Å². The smallest absolute Gasteiger partial charge is 0.357 e. The molecule has 3 heterocycles. The number of anilines is 3. The lowest BCUT2D eigenvalue weighted by molar-refractivity contribution is 0.0519. The fourth-order valence-corrected chi connectivity index (χ4v) is 4.45. The molecule has 1 saturated heterocycles. The van der Waals surface area contributed by atoms with Crippen molar-refractivity contribution in [2.45, 2.75) is 39.7 Å². The Kier molecular flexibility index (Phi) is 8.68. The van der Waals surface area contributed by atoms with Crippen molar-refractivity contribution in [3.8, 4) is 11.1 Å². The van der Waals surface area contributed by atoms with Crippen molar-refractivity contribution < 1.29 is 18.7 Å². The molecule has 0 aliphatic carbocycles. The van der Waals surface area contributed by atoms with Crippen LogP contribution < -0.4 is 10.2 Å². The van der Waals surface area contributed by atoms with E-state index in [0.717, 1.165) is 37.4 Å². The Labute approximate surface area is 222 Å². The van der Waals surface area contributed by atoms with Gasteiger partial charge in [0.25, 0.3) is 0 Å². The third-order valence-electron chi connectivity index (χ3n) is 6.60. The number of nitrogens with one attached hydrogen (secondary N) is 2. The number of carbonyl (C=O) groups is 1. The molecule has 8 nitrogen and oxygen atoms in total. The Morgan fingerprint density at radius 3 is 2.63 bits per heavy atom. The van der Waals surface area contributed by atoms with Crippen LogP contribution in [0, 0.1) is 17.1 Å². The number of hydrogen-bond donors (Lipinski definition) is 2. The van der Waals surface area contributed by atoms with Gasteiger partial charge in [0.2, 0.25) is 0 Å². The predicted octanol–water partition coefficient (Wildman–Crippen LogP) is 5.84. The fraction of sp³-hybridized carbons (Fsp3) is 0.379. The van der Waals surface area contributed by atoms with Gasteiger partial charge in [-0.1, -0.05) is 19.9 Å². The summed E-state index contributed by atoms with van der Waals surface area (Å²) in [6.45, 7) is 7.24. The zero-order chi connectivity index (χ0) is 27.2. The molecule has 1 aliphatic rings. The summed E-state index contributed by atoms with van der Waals surface area (Å²) in [4.78, 5) is 24.2. The van der Waals surface area contributed by atoms with Gasteiger partial charge < -0.3 is 25.1 Å². The van der Waals surface area contributed by atoms with Gasteiger partial charge in [0.05, 0.1) is 6.61 Å². The van der Waals surface area contributed by atoms with Gasteiger partial charge >= 0.3 is 5.97 Å². The van der Waals surface area contributed by atoms with Crippen molar-refractivity contribution in [3.63, 3.8) is 0 Å². The second kappa shape index (κ2) is 12.1. The van der Waals surface area contributed by atoms with Crippen LogP contribution in [0.1, 0.15) is 49.7 Å². The molecule has 1 aliphatic heterocycles. The number of esters is 1. The number of benzene rings is 1. The molecule has 0 atom stereocenters. The van der Waals surface area contributed by atoms with E-state index in [1.807, 2.05) is 33.0 Å². The molecule has 0 amide bonds. The first-order valence-corrected chi connectivity index (χ1v) is 12.9. The molecule has 38 heavy (non-hydrogen) atoms. The molecule has 4 rings (SSSR count). The molecule has 0 bridgehead atoms. The van der Waals surface area contributed by atoms with Crippen molar-refractivity contribution >= 4 is 29.0 Å². The molecule has 2 N–H and O–H groups in total. The lowest BCUT2D eigenvalue weighted by atomic mass is 9.92. The van der Waals surface area contributed by atoms with Crippen molar-refractivity contribution in [1.29, 1.82) is 5.41 Å². The van der Waals surface area contributed by atoms with Crippen LogP contribution in [0.3, 0.4) is 0 Å². The van der Waals surface area contributed by atoms with E-state index >= 15 is 0 Å². The summed E-state index contributed by atoms with van der Waals surface area (Å²) in [7, 11) is 2.03. The number of hydrogen-bond acceptors (Lipinski definition) is 8. The molecule has 2 aromatic heterocycles. The summed E-state index contributed by atoms with van der Waals surface area (Å²) in [5.74, 6) is -0.0192. The Hall–Kier alpha value is -3.85. The average molecular weight is 520 g/mol. The van der Waals surface area contributed by atoms with E-state index in [1.165, 1.54) is 12.1 Å². The molecule has 3 aromatic rings. The zero-order valence-corrected chi connectivity index (χ0v) is 22.3.